The van der Waals surface area contributed by atoms with E-state index in [1.54, 1.807) is 24.5 Å². The van der Waals surface area contributed by atoms with Crippen LogP contribution in [0.3, 0.4) is 0 Å². The normalized spacial score (nSPS) is 22.3. The quantitative estimate of drug-likeness (QED) is 0.715. The molecule has 160 valence electrons. The fourth-order valence-corrected chi connectivity index (χ4v) is 3.77. The number of nitrogens with zero attached hydrogens (tertiary/aromatic N) is 2. The van der Waals surface area contributed by atoms with Gasteiger partial charge in [-0.25, -0.2) is 23.2 Å². The zero-order chi connectivity index (χ0) is 21.4. The number of anilines is 2. The van der Waals surface area contributed by atoms with E-state index in [9.17, 15) is 13.2 Å². The molecule has 9 nitrogen and oxygen atoms in total. The second kappa shape index (κ2) is 7.84. The van der Waals surface area contributed by atoms with Gasteiger partial charge in [-0.1, -0.05) is 0 Å². The molecule has 2 aliphatic rings. The molecule has 10 heteroatoms. The maximum Gasteiger partial charge on any atom is 0.407 e. The lowest BCUT2D eigenvalue weighted by atomic mass is 10.1. The van der Waals surface area contributed by atoms with Crippen molar-refractivity contribution in [2.24, 2.45) is 0 Å². The number of carbonyl (C=O) groups is 1. The summed E-state index contributed by atoms with van der Waals surface area (Å²) in [7, 11) is -3.23. The number of hydrogen-bond acceptors (Lipinski definition) is 8. The Bertz CT molecular complexity index is 1020. The maximum absolute atomic E-state index is 11.9. The smallest absolute Gasteiger partial charge is 0.407 e. The summed E-state index contributed by atoms with van der Waals surface area (Å²) in [4.78, 5) is 20.8. The standard InChI is InChI=1S/C20H24N4O5S/c1-20(7-8-20)24-19(25)29-15-9-17(28-12-15)13-10-21-18(22-11-13)23-14-3-5-16(6-4-14)30(2,26)27/h3-6,10-11,15,17H,7-9,12H2,1-2H3,(H,24,25)(H,21,22,23). The molecule has 30 heavy (non-hydrogen) atoms. The molecule has 1 aliphatic carbocycles. The van der Waals surface area contributed by atoms with Crippen LogP contribution in [0.1, 0.15) is 37.9 Å². The monoisotopic (exact) mass is 432 g/mol. The summed E-state index contributed by atoms with van der Waals surface area (Å²) in [5.41, 5.74) is 1.36. The number of rotatable bonds is 6. The maximum atomic E-state index is 11.9. The fraction of sp³-hybridized carbons (Fsp3) is 0.450. The molecule has 2 fully saturated rings. The number of alkyl carbamates (subject to hydrolysis) is 1. The molecule has 0 spiro atoms. The van der Waals surface area contributed by atoms with E-state index in [4.69, 9.17) is 9.47 Å². The highest BCUT2D eigenvalue weighted by molar-refractivity contribution is 7.90. The van der Waals surface area contributed by atoms with Crippen molar-refractivity contribution < 1.29 is 22.7 Å². The van der Waals surface area contributed by atoms with Gasteiger partial charge in [-0.2, -0.15) is 0 Å². The van der Waals surface area contributed by atoms with Crippen molar-refractivity contribution in [3.8, 4) is 0 Å². The van der Waals surface area contributed by atoms with Crippen LogP contribution < -0.4 is 10.6 Å². The van der Waals surface area contributed by atoms with Crippen molar-refractivity contribution in [1.29, 1.82) is 0 Å². The van der Waals surface area contributed by atoms with Crippen molar-refractivity contribution in [3.05, 3.63) is 42.2 Å². The highest BCUT2D eigenvalue weighted by Gasteiger charge is 2.40. The van der Waals surface area contributed by atoms with Crippen LogP contribution in [0.5, 0.6) is 0 Å². The van der Waals surface area contributed by atoms with Crippen LogP contribution >= 0.6 is 0 Å². The molecular weight excluding hydrogens is 408 g/mol. The molecule has 0 radical (unpaired) electrons. The largest absolute Gasteiger partial charge is 0.444 e. The number of aromatic nitrogens is 2. The lowest BCUT2D eigenvalue weighted by Crippen LogP contribution is -2.37. The summed E-state index contributed by atoms with van der Waals surface area (Å²) in [5, 5.41) is 5.90. The molecule has 1 aromatic carbocycles. The second-order valence-corrected chi connectivity index (χ2v) is 10.0. The van der Waals surface area contributed by atoms with Gasteiger partial charge in [-0.3, -0.25) is 0 Å². The molecule has 1 saturated heterocycles. The number of amides is 1. The summed E-state index contributed by atoms with van der Waals surface area (Å²) in [6.07, 6.45) is 6.06. The fourth-order valence-electron chi connectivity index (χ4n) is 3.14. The molecule has 1 aliphatic heterocycles. The van der Waals surface area contributed by atoms with Gasteiger partial charge in [0.15, 0.2) is 9.84 Å². The Hall–Kier alpha value is -2.72. The third kappa shape index (κ3) is 5.06. The lowest BCUT2D eigenvalue weighted by molar-refractivity contribution is 0.0683. The number of carbonyl (C=O) groups excluding carboxylic acids is 1. The van der Waals surface area contributed by atoms with Crippen LogP contribution in [0.25, 0.3) is 0 Å². The van der Waals surface area contributed by atoms with Crippen LogP contribution in [-0.2, 0) is 19.3 Å². The van der Waals surface area contributed by atoms with E-state index in [2.05, 4.69) is 20.6 Å². The molecule has 4 rings (SSSR count). The number of ether oxygens (including phenoxy) is 2. The minimum atomic E-state index is -3.23. The zero-order valence-electron chi connectivity index (χ0n) is 16.8. The molecule has 1 saturated carbocycles. The van der Waals surface area contributed by atoms with Crippen LogP contribution in [0.4, 0.5) is 16.4 Å². The first kappa shape index (κ1) is 20.5. The van der Waals surface area contributed by atoms with Crippen molar-refractivity contribution in [3.63, 3.8) is 0 Å². The molecule has 2 N–H and O–H groups in total. The lowest BCUT2D eigenvalue weighted by Gasteiger charge is -2.15. The van der Waals surface area contributed by atoms with Gasteiger partial charge in [-0.05, 0) is 44.0 Å². The van der Waals surface area contributed by atoms with Gasteiger partial charge in [0.05, 0.1) is 17.6 Å². The van der Waals surface area contributed by atoms with Crippen molar-refractivity contribution in [1.82, 2.24) is 15.3 Å². The average Bonchev–Trinajstić information content (AvgIpc) is 3.22. The van der Waals surface area contributed by atoms with Gasteiger partial charge in [0, 0.05) is 41.9 Å². The highest BCUT2D eigenvalue weighted by Crippen LogP contribution is 2.35. The van der Waals surface area contributed by atoms with Gasteiger partial charge in [0.1, 0.15) is 6.10 Å². The Morgan fingerprint density at radius 3 is 2.47 bits per heavy atom. The summed E-state index contributed by atoms with van der Waals surface area (Å²) in [6, 6.07) is 6.36. The second-order valence-electron chi connectivity index (χ2n) is 8.03. The van der Waals surface area contributed by atoms with E-state index in [1.807, 2.05) is 6.92 Å². The van der Waals surface area contributed by atoms with E-state index >= 15 is 0 Å². The molecule has 0 bridgehead atoms. The first-order chi connectivity index (χ1) is 14.2. The molecular formula is C20H24N4O5S. The topological polar surface area (TPSA) is 120 Å². The molecule has 1 amide bonds. The summed E-state index contributed by atoms with van der Waals surface area (Å²) < 4.78 is 34.2. The van der Waals surface area contributed by atoms with Gasteiger partial charge >= 0.3 is 6.09 Å². The molecule has 1 aromatic heterocycles. The van der Waals surface area contributed by atoms with E-state index in [1.165, 1.54) is 12.1 Å². The number of hydrogen-bond donors (Lipinski definition) is 2. The van der Waals surface area contributed by atoms with E-state index in [0.717, 1.165) is 24.7 Å². The number of nitrogens with one attached hydrogen (secondary N) is 2. The Labute approximate surface area is 175 Å². The predicted octanol–water partition coefficient (Wildman–Crippen LogP) is 2.73. The number of benzene rings is 1. The summed E-state index contributed by atoms with van der Waals surface area (Å²) >= 11 is 0. The first-order valence-electron chi connectivity index (χ1n) is 9.70. The summed E-state index contributed by atoms with van der Waals surface area (Å²) in [5.74, 6) is 0.383. The highest BCUT2D eigenvalue weighted by atomic mass is 32.2. The van der Waals surface area contributed by atoms with E-state index in [-0.39, 0.29) is 22.6 Å². The van der Waals surface area contributed by atoms with Crippen LogP contribution in [0.2, 0.25) is 0 Å². The van der Waals surface area contributed by atoms with Crippen molar-refractivity contribution in [2.75, 3.05) is 18.2 Å². The Morgan fingerprint density at radius 1 is 1.20 bits per heavy atom. The average molecular weight is 433 g/mol. The Morgan fingerprint density at radius 2 is 1.87 bits per heavy atom. The van der Waals surface area contributed by atoms with Crippen LogP contribution in [0, 0.1) is 0 Å². The molecule has 2 heterocycles. The Kier molecular flexibility index (Phi) is 5.37. The van der Waals surface area contributed by atoms with Crippen LogP contribution in [-0.4, -0.2) is 49.0 Å². The number of sulfone groups is 1. The third-order valence-electron chi connectivity index (χ3n) is 5.22. The third-order valence-corrected chi connectivity index (χ3v) is 6.35. The molecule has 2 unspecified atom stereocenters. The van der Waals surface area contributed by atoms with Gasteiger partial charge in [0.2, 0.25) is 5.95 Å². The first-order valence-corrected chi connectivity index (χ1v) is 11.6. The minimum Gasteiger partial charge on any atom is -0.444 e. The van der Waals surface area contributed by atoms with Crippen LogP contribution in [0.15, 0.2) is 41.6 Å². The van der Waals surface area contributed by atoms with Gasteiger partial charge in [0.25, 0.3) is 0 Å². The minimum absolute atomic E-state index is 0.113. The molecule has 2 atom stereocenters. The predicted molar refractivity (Wildman–Crippen MR) is 109 cm³/mol. The van der Waals surface area contributed by atoms with Crippen molar-refractivity contribution >= 4 is 27.6 Å². The van der Waals surface area contributed by atoms with Gasteiger partial charge < -0.3 is 20.1 Å². The van der Waals surface area contributed by atoms with Gasteiger partial charge in [-0.15, -0.1) is 0 Å². The summed E-state index contributed by atoms with van der Waals surface area (Å²) in [6.45, 7) is 2.33. The zero-order valence-corrected chi connectivity index (χ0v) is 17.6. The van der Waals surface area contributed by atoms with E-state index in [0.29, 0.717) is 24.7 Å². The van der Waals surface area contributed by atoms with Crippen molar-refractivity contribution in [2.45, 2.75) is 48.8 Å². The molecule has 2 aromatic rings. The Balaban J connectivity index is 1.31. The van der Waals surface area contributed by atoms with E-state index < -0.39 is 15.9 Å². The SMILES string of the molecule is CC1(NC(=O)OC2COC(c3cnc(Nc4ccc(S(C)(=O)=O)cc4)nc3)C2)CC1.